The van der Waals surface area contributed by atoms with Gasteiger partial charge in [0.15, 0.2) is 11.6 Å². The third-order valence-electron chi connectivity index (χ3n) is 3.41. The lowest BCUT2D eigenvalue weighted by Crippen LogP contribution is -2.26. The number of nitrogens with one attached hydrogen (secondary N) is 1. The molecule has 23 heavy (non-hydrogen) atoms. The van der Waals surface area contributed by atoms with Gasteiger partial charge in [-0.3, -0.25) is 4.98 Å². The first kappa shape index (κ1) is 17.3. The number of benzene rings is 1. The van der Waals surface area contributed by atoms with E-state index >= 15 is 0 Å². The van der Waals surface area contributed by atoms with Gasteiger partial charge in [-0.2, -0.15) is 8.78 Å². The van der Waals surface area contributed by atoms with Crippen molar-refractivity contribution in [1.82, 2.24) is 10.3 Å². The van der Waals surface area contributed by atoms with Gasteiger partial charge in [0.25, 0.3) is 0 Å². The molecule has 1 atom stereocenters. The Morgan fingerprint density at radius 1 is 1.17 bits per heavy atom. The summed E-state index contributed by atoms with van der Waals surface area (Å²) in [5.74, 6) is -0.964. The van der Waals surface area contributed by atoms with Crippen molar-refractivity contribution in [3.05, 3.63) is 59.7 Å². The second kappa shape index (κ2) is 7.97. The Hall–Kier alpha value is -2.08. The van der Waals surface area contributed by atoms with Crippen molar-refractivity contribution in [3.8, 4) is 5.75 Å². The van der Waals surface area contributed by atoms with Gasteiger partial charge in [-0.15, -0.1) is 0 Å². The highest BCUT2D eigenvalue weighted by Gasteiger charge is 2.17. The van der Waals surface area contributed by atoms with Crippen molar-refractivity contribution in [3.63, 3.8) is 0 Å². The SMILES string of the molecule is CC(C)[C@@H](NCc1ccc(OC(F)F)c(F)c1)c1ccccn1. The van der Waals surface area contributed by atoms with Crippen molar-refractivity contribution in [2.75, 3.05) is 0 Å². The van der Waals surface area contributed by atoms with Crippen LogP contribution in [0.1, 0.15) is 31.1 Å². The quantitative estimate of drug-likeness (QED) is 0.824. The van der Waals surface area contributed by atoms with E-state index in [1.807, 2.05) is 18.2 Å². The number of pyridine rings is 1. The first-order chi connectivity index (χ1) is 11.0. The summed E-state index contributed by atoms with van der Waals surface area (Å²) in [5.41, 5.74) is 1.55. The number of rotatable bonds is 7. The summed E-state index contributed by atoms with van der Waals surface area (Å²) < 4.78 is 42.1. The minimum atomic E-state index is -3.04. The maximum atomic E-state index is 13.7. The molecule has 0 unspecified atom stereocenters. The average molecular weight is 324 g/mol. The molecule has 0 amide bonds. The maximum absolute atomic E-state index is 13.7. The van der Waals surface area contributed by atoms with E-state index < -0.39 is 18.2 Å². The van der Waals surface area contributed by atoms with Gasteiger partial charge in [-0.05, 0) is 35.7 Å². The zero-order chi connectivity index (χ0) is 16.8. The van der Waals surface area contributed by atoms with Crippen LogP contribution in [-0.2, 0) is 6.54 Å². The van der Waals surface area contributed by atoms with Crippen LogP contribution in [0.25, 0.3) is 0 Å². The summed E-state index contributed by atoms with van der Waals surface area (Å²) in [6.07, 6.45) is 1.72. The molecule has 0 saturated carbocycles. The molecule has 0 bridgehead atoms. The highest BCUT2D eigenvalue weighted by molar-refractivity contribution is 5.29. The van der Waals surface area contributed by atoms with Gasteiger partial charge in [-0.25, -0.2) is 4.39 Å². The lowest BCUT2D eigenvalue weighted by Gasteiger charge is -2.22. The van der Waals surface area contributed by atoms with Crippen LogP contribution in [0.15, 0.2) is 42.6 Å². The average Bonchev–Trinajstić information content (AvgIpc) is 2.50. The van der Waals surface area contributed by atoms with E-state index in [1.165, 1.54) is 12.1 Å². The zero-order valence-corrected chi connectivity index (χ0v) is 13.0. The van der Waals surface area contributed by atoms with Crippen molar-refractivity contribution in [2.24, 2.45) is 5.92 Å². The van der Waals surface area contributed by atoms with Crippen LogP contribution in [0.3, 0.4) is 0 Å². The zero-order valence-electron chi connectivity index (χ0n) is 13.0. The molecule has 6 heteroatoms. The number of halogens is 3. The number of hydrogen-bond acceptors (Lipinski definition) is 3. The van der Waals surface area contributed by atoms with Crippen LogP contribution in [-0.4, -0.2) is 11.6 Å². The molecular weight excluding hydrogens is 305 g/mol. The van der Waals surface area contributed by atoms with Gasteiger partial charge >= 0.3 is 6.61 Å². The summed E-state index contributed by atoms with van der Waals surface area (Å²) in [7, 11) is 0. The summed E-state index contributed by atoms with van der Waals surface area (Å²) >= 11 is 0. The molecule has 0 saturated heterocycles. The summed E-state index contributed by atoms with van der Waals surface area (Å²) in [6.45, 7) is 1.48. The molecule has 0 aliphatic carbocycles. The summed E-state index contributed by atoms with van der Waals surface area (Å²) in [4.78, 5) is 4.34. The van der Waals surface area contributed by atoms with E-state index in [-0.39, 0.29) is 12.0 Å². The Balaban J connectivity index is 2.05. The lowest BCUT2D eigenvalue weighted by molar-refractivity contribution is -0.0522. The molecule has 1 N–H and O–H groups in total. The minimum Gasteiger partial charge on any atom is -0.432 e. The second-order valence-electron chi connectivity index (χ2n) is 5.50. The minimum absolute atomic E-state index is 0.0104. The normalized spacial score (nSPS) is 12.7. The van der Waals surface area contributed by atoms with E-state index in [9.17, 15) is 13.2 Å². The predicted molar refractivity (Wildman–Crippen MR) is 81.7 cm³/mol. The molecule has 3 nitrogen and oxygen atoms in total. The van der Waals surface area contributed by atoms with Crippen LogP contribution < -0.4 is 10.1 Å². The number of alkyl halides is 2. The number of aromatic nitrogens is 1. The van der Waals surface area contributed by atoms with Gasteiger partial charge in [0.2, 0.25) is 0 Å². The van der Waals surface area contributed by atoms with E-state index in [4.69, 9.17) is 0 Å². The van der Waals surface area contributed by atoms with Crippen molar-refractivity contribution >= 4 is 0 Å². The molecule has 1 heterocycles. The maximum Gasteiger partial charge on any atom is 0.387 e. The Labute approximate surface area is 133 Å². The third-order valence-corrected chi connectivity index (χ3v) is 3.41. The molecule has 2 rings (SSSR count). The first-order valence-electron chi connectivity index (χ1n) is 7.35. The molecule has 0 radical (unpaired) electrons. The molecule has 2 aromatic rings. The molecule has 0 spiro atoms. The molecule has 1 aromatic carbocycles. The van der Waals surface area contributed by atoms with Gasteiger partial charge in [-0.1, -0.05) is 26.0 Å². The number of ether oxygens (including phenoxy) is 1. The smallest absolute Gasteiger partial charge is 0.387 e. The highest BCUT2D eigenvalue weighted by Crippen LogP contribution is 2.23. The second-order valence-corrected chi connectivity index (χ2v) is 5.50. The van der Waals surface area contributed by atoms with Crippen molar-refractivity contribution < 1.29 is 17.9 Å². The largest absolute Gasteiger partial charge is 0.432 e. The molecular formula is C17H19F3N2O. The lowest BCUT2D eigenvalue weighted by atomic mass is 10.00. The highest BCUT2D eigenvalue weighted by atomic mass is 19.3. The van der Waals surface area contributed by atoms with Crippen LogP contribution in [0.4, 0.5) is 13.2 Å². The van der Waals surface area contributed by atoms with Gasteiger partial charge in [0, 0.05) is 12.7 Å². The fourth-order valence-electron chi connectivity index (χ4n) is 2.32. The van der Waals surface area contributed by atoms with Crippen molar-refractivity contribution in [2.45, 2.75) is 33.0 Å². The Kier molecular flexibility index (Phi) is 5.98. The number of hydrogen-bond donors (Lipinski definition) is 1. The van der Waals surface area contributed by atoms with E-state index in [0.717, 1.165) is 5.69 Å². The topological polar surface area (TPSA) is 34.1 Å². The van der Waals surface area contributed by atoms with Crippen molar-refractivity contribution in [1.29, 1.82) is 0 Å². The Bertz CT molecular complexity index is 620. The van der Waals surface area contributed by atoms with E-state index in [0.29, 0.717) is 12.1 Å². The van der Waals surface area contributed by atoms with Crippen LogP contribution in [0.2, 0.25) is 0 Å². The monoisotopic (exact) mass is 324 g/mol. The predicted octanol–water partition coefficient (Wildman–Crippen LogP) is 4.31. The Morgan fingerprint density at radius 3 is 2.52 bits per heavy atom. The van der Waals surface area contributed by atoms with E-state index in [1.54, 1.807) is 12.3 Å². The number of nitrogens with zero attached hydrogens (tertiary/aromatic N) is 1. The van der Waals surface area contributed by atoms with Crippen LogP contribution in [0.5, 0.6) is 5.75 Å². The van der Waals surface area contributed by atoms with Gasteiger partial charge in [0.1, 0.15) is 0 Å². The molecule has 124 valence electrons. The standard InChI is InChI=1S/C17H19F3N2O/c1-11(2)16(14-5-3-4-8-21-14)22-10-12-6-7-15(13(18)9-12)23-17(19)20/h3-9,11,16-17,22H,10H2,1-2H3/t16-/m1/s1. The van der Waals surface area contributed by atoms with Gasteiger partial charge in [0.05, 0.1) is 11.7 Å². The Morgan fingerprint density at radius 2 is 1.96 bits per heavy atom. The third kappa shape index (κ3) is 4.96. The molecule has 0 aliphatic rings. The van der Waals surface area contributed by atoms with Crippen LogP contribution in [0, 0.1) is 11.7 Å². The van der Waals surface area contributed by atoms with Gasteiger partial charge < -0.3 is 10.1 Å². The molecule has 0 fully saturated rings. The summed E-state index contributed by atoms with van der Waals surface area (Å²) in [6, 6.07) is 9.66. The fraction of sp³-hybridized carbons (Fsp3) is 0.353. The first-order valence-corrected chi connectivity index (χ1v) is 7.35. The van der Waals surface area contributed by atoms with Crippen LogP contribution >= 0.6 is 0 Å². The molecule has 0 aliphatic heterocycles. The fourth-order valence-corrected chi connectivity index (χ4v) is 2.32. The van der Waals surface area contributed by atoms with E-state index in [2.05, 4.69) is 28.9 Å². The summed E-state index contributed by atoms with van der Waals surface area (Å²) in [5, 5.41) is 3.32. The molecule has 1 aromatic heterocycles.